The zero-order chi connectivity index (χ0) is 14.5. The maximum Gasteiger partial charge on any atom is 0.229 e. The smallest absolute Gasteiger partial charge is 0.229 e. The first kappa shape index (κ1) is 14.3. The first-order chi connectivity index (χ1) is 10.3. The monoisotopic (exact) mass is 290 g/mol. The van der Waals surface area contributed by atoms with Gasteiger partial charge in [0.1, 0.15) is 5.82 Å². The van der Waals surface area contributed by atoms with Crippen LogP contribution in [0.25, 0.3) is 0 Å². The third-order valence-electron chi connectivity index (χ3n) is 4.04. The van der Waals surface area contributed by atoms with E-state index in [9.17, 15) is 4.79 Å². The largest absolute Gasteiger partial charge is 0.378 e. The molecule has 21 heavy (non-hydrogen) atoms. The van der Waals surface area contributed by atoms with Crippen molar-refractivity contribution in [3.8, 4) is 0 Å². The molecule has 0 spiro atoms. The van der Waals surface area contributed by atoms with E-state index in [2.05, 4.69) is 20.5 Å². The highest BCUT2D eigenvalue weighted by Gasteiger charge is 2.21. The number of morpholine rings is 1. The number of anilines is 2. The molecule has 2 aliphatic rings. The highest BCUT2D eigenvalue weighted by atomic mass is 16.5. The molecule has 2 aliphatic heterocycles. The number of pyridine rings is 1. The van der Waals surface area contributed by atoms with Gasteiger partial charge < -0.3 is 20.3 Å². The Kier molecular flexibility index (Phi) is 4.67. The molecule has 114 valence electrons. The number of ether oxygens (including phenoxy) is 1. The van der Waals surface area contributed by atoms with Crippen LogP contribution in [0.15, 0.2) is 18.3 Å². The van der Waals surface area contributed by atoms with Crippen molar-refractivity contribution < 1.29 is 9.53 Å². The summed E-state index contributed by atoms with van der Waals surface area (Å²) in [5.41, 5.74) is 1.08. The van der Waals surface area contributed by atoms with Gasteiger partial charge in [0.15, 0.2) is 0 Å². The van der Waals surface area contributed by atoms with Gasteiger partial charge >= 0.3 is 0 Å². The zero-order valence-electron chi connectivity index (χ0n) is 12.2. The second-order valence-electron chi connectivity index (χ2n) is 5.53. The fraction of sp³-hybridized carbons (Fsp3) is 0.600. The molecule has 2 saturated heterocycles. The second kappa shape index (κ2) is 6.87. The molecule has 1 amide bonds. The van der Waals surface area contributed by atoms with Crippen molar-refractivity contribution in [2.45, 2.75) is 12.8 Å². The van der Waals surface area contributed by atoms with E-state index >= 15 is 0 Å². The molecule has 0 aliphatic carbocycles. The summed E-state index contributed by atoms with van der Waals surface area (Å²) in [6.07, 6.45) is 3.83. The molecule has 1 aromatic heterocycles. The number of hydrogen-bond acceptors (Lipinski definition) is 5. The SMILES string of the molecule is O=C(Nc1ccc(N2CCOCC2)cn1)C1CCCNC1. The Morgan fingerprint density at radius 1 is 1.38 bits per heavy atom. The predicted octanol–water partition coefficient (Wildman–Crippen LogP) is 0.856. The lowest BCUT2D eigenvalue weighted by Crippen LogP contribution is -2.37. The van der Waals surface area contributed by atoms with Crippen LogP contribution in [0.5, 0.6) is 0 Å². The molecule has 2 N–H and O–H groups in total. The maximum atomic E-state index is 12.1. The maximum absolute atomic E-state index is 12.1. The Morgan fingerprint density at radius 3 is 2.90 bits per heavy atom. The quantitative estimate of drug-likeness (QED) is 0.864. The first-order valence-corrected chi connectivity index (χ1v) is 7.63. The van der Waals surface area contributed by atoms with Crippen LogP contribution in [-0.4, -0.2) is 50.3 Å². The van der Waals surface area contributed by atoms with Crippen molar-refractivity contribution in [2.75, 3.05) is 49.6 Å². The van der Waals surface area contributed by atoms with E-state index in [-0.39, 0.29) is 11.8 Å². The lowest BCUT2D eigenvalue weighted by atomic mass is 9.99. The third-order valence-corrected chi connectivity index (χ3v) is 4.04. The summed E-state index contributed by atoms with van der Waals surface area (Å²) in [6.45, 7) is 5.07. The molecule has 0 aromatic carbocycles. The fourth-order valence-electron chi connectivity index (χ4n) is 2.77. The molecule has 1 unspecified atom stereocenters. The Balaban J connectivity index is 1.57. The molecule has 3 rings (SSSR count). The average molecular weight is 290 g/mol. The van der Waals surface area contributed by atoms with Gasteiger partial charge in [-0.3, -0.25) is 4.79 Å². The number of nitrogens with zero attached hydrogens (tertiary/aromatic N) is 2. The van der Waals surface area contributed by atoms with Gasteiger partial charge in [0.25, 0.3) is 0 Å². The van der Waals surface area contributed by atoms with Crippen LogP contribution in [0.2, 0.25) is 0 Å². The van der Waals surface area contributed by atoms with Gasteiger partial charge in [0.05, 0.1) is 31.0 Å². The molecule has 0 radical (unpaired) electrons. The van der Waals surface area contributed by atoms with E-state index in [0.717, 1.165) is 57.9 Å². The van der Waals surface area contributed by atoms with E-state index in [0.29, 0.717) is 5.82 Å². The number of amides is 1. The molecule has 6 heteroatoms. The highest BCUT2D eigenvalue weighted by Crippen LogP contribution is 2.18. The molecular weight excluding hydrogens is 268 g/mol. The van der Waals surface area contributed by atoms with E-state index in [4.69, 9.17) is 4.74 Å². The molecule has 0 bridgehead atoms. The summed E-state index contributed by atoms with van der Waals surface area (Å²) >= 11 is 0. The summed E-state index contributed by atoms with van der Waals surface area (Å²) in [7, 11) is 0. The standard InChI is InChI=1S/C15H22N4O2/c20-15(12-2-1-5-16-10-12)18-14-4-3-13(11-17-14)19-6-8-21-9-7-19/h3-4,11-12,16H,1-2,5-10H2,(H,17,18,20). The van der Waals surface area contributed by atoms with Crippen LogP contribution >= 0.6 is 0 Å². The lowest BCUT2D eigenvalue weighted by Gasteiger charge is -2.28. The van der Waals surface area contributed by atoms with Crippen LogP contribution in [0, 0.1) is 5.92 Å². The molecule has 6 nitrogen and oxygen atoms in total. The number of carbonyl (C=O) groups is 1. The van der Waals surface area contributed by atoms with Gasteiger partial charge in [-0.05, 0) is 31.5 Å². The van der Waals surface area contributed by atoms with E-state index in [1.165, 1.54) is 0 Å². The topological polar surface area (TPSA) is 66.5 Å². The Bertz CT molecular complexity index is 465. The number of aromatic nitrogens is 1. The number of rotatable bonds is 3. The van der Waals surface area contributed by atoms with Crippen LogP contribution < -0.4 is 15.5 Å². The van der Waals surface area contributed by atoms with Gasteiger partial charge in [-0.2, -0.15) is 0 Å². The van der Waals surface area contributed by atoms with E-state index < -0.39 is 0 Å². The molecule has 2 fully saturated rings. The summed E-state index contributed by atoms with van der Waals surface area (Å²) in [5, 5.41) is 6.16. The number of piperidine rings is 1. The van der Waals surface area contributed by atoms with Gasteiger partial charge in [0, 0.05) is 19.6 Å². The molecule has 0 saturated carbocycles. The summed E-state index contributed by atoms with van der Waals surface area (Å²) in [4.78, 5) is 18.7. The van der Waals surface area contributed by atoms with Gasteiger partial charge in [-0.25, -0.2) is 4.98 Å². The van der Waals surface area contributed by atoms with E-state index in [1.54, 1.807) is 0 Å². The normalized spacial score (nSPS) is 22.9. The zero-order valence-corrected chi connectivity index (χ0v) is 12.2. The minimum absolute atomic E-state index is 0.0551. The van der Waals surface area contributed by atoms with Crippen LogP contribution in [0.3, 0.4) is 0 Å². The Labute approximate surface area is 124 Å². The van der Waals surface area contributed by atoms with Crippen molar-refractivity contribution in [2.24, 2.45) is 5.92 Å². The molecule has 1 aromatic rings. The molecule has 3 heterocycles. The number of carbonyl (C=O) groups excluding carboxylic acids is 1. The van der Waals surface area contributed by atoms with E-state index in [1.807, 2.05) is 18.3 Å². The van der Waals surface area contributed by atoms with Crippen LogP contribution in [0.1, 0.15) is 12.8 Å². The van der Waals surface area contributed by atoms with Crippen molar-refractivity contribution in [3.05, 3.63) is 18.3 Å². The minimum atomic E-state index is 0.0551. The van der Waals surface area contributed by atoms with Crippen molar-refractivity contribution in [3.63, 3.8) is 0 Å². The average Bonchev–Trinajstić information content (AvgIpc) is 2.57. The van der Waals surface area contributed by atoms with Crippen molar-refractivity contribution in [1.29, 1.82) is 0 Å². The van der Waals surface area contributed by atoms with Gasteiger partial charge in [-0.1, -0.05) is 0 Å². The van der Waals surface area contributed by atoms with Crippen LogP contribution in [0.4, 0.5) is 11.5 Å². The van der Waals surface area contributed by atoms with Crippen LogP contribution in [-0.2, 0) is 9.53 Å². The summed E-state index contributed by atoms with van der Waals surface area (Å²) in [6, 6.07) is 3.88. The second-order valence-corrected chi connectivity index (χ2v) is 5.53. The Morgan fingerprint density at radius 2 is 2.24 bits per heavy atom. The minimum Gasteiger partial charge on any atom is -0.378 e. The highest BCUT2D eigenvalue weighted by molar-refractivity contribution is 5.92. The third kappa shape index (κ3) is 3.71. The number of nitrogens with one attached hydrogen (secondary N) is 2. The molecule has 1 atom stereocenters. The predicted molar refractivity (Wildman–Crippen MR) is 81.5 cm³/mol. The summed E-state index contributed by atoms with van der Waals surface area (Å²) < 4.78 is 5.34. The van der Waals surface area contributed by atoms with Crippen molar-refractivity contribution in [1.82, 2.24) is 10.3 Å². The van der Waals surface area contributed by atoms with Gasteiger partial charge in [0.2, 0.25) is 5.91 Å². The lowest BCUT2D eigenvalue weighted by molar-refractivity contribution is -0.120. The summed E-state index contributed by atoms with van der Waals surface area (Å²) in [5.74, 6) is 0.746. The fourth-order valence-corrected chi connectivity index (χ4v) is 2.77. The molecular formula is C15H22N4O2. The number of hydrogen-bond donors (Lipinski definition) is 2. The first-order valence-electron chi connectivity index (χ1n) is 7.63. The van der Waals surface area contributed by atoms with Gasteiger partial charge in [-0.15, -0.1) is 0 Å². The Hall–Kier alpha value is -1.66. The van der Waals surface area contributed by atoms with Crippen molar-refractivity contribution >= 4 is 17.4 Å².